The van der Waals surface area contributed by atoms with Crippen molar-refractivity contribution in [3.63, 3.8) is 0 Å². The zero-order valence-corrected chi connectivity index (χ0v) is 20.5. The molecule has 8 heteroatoms. The highest BCUT2D eigenvalue weighted by molar-refractivity contribution is 5.90. The summed E-state index contributed by atoms with van der Waals surface area (Å²) in [6, 6.07) is 23.0. The Morgan fingerprint density at radius 1 is 1.03 bits per heavy atom. The third kappa shape index (κ3) is 3.86. The van der Waals surface area contributed by atoms with Crippen LogP contribution < -0.4 is 10.5 Å². The lowest BCUT2D eigenvalue weighted by atomic mass is 9.63. The number of aliphatic hydroxyl groups is 1. The third-order valence-corrected chi connectivity index (χ3v) is 6.96. The molecule has 0 amide bonds. The fourth-order valence-electron chi connectivity index (χ4n) is 5.44. The van der Waals surface area contributed by atoms with E-state index in [1.54, 1.807) is 18.2 Å². The average Bonchev–Trinajstić information content (AvgIpc) is 3.23. The lowest BCUT2D eigenvalue weighted by Gasteiger charge is -2.49. The Morgan fingerprint density at radius 3 is 2.36 bits per heavy atom. The highest BCUT2D eigenvalue weighted by atomic mass is 35.5. The van der Waals surface area contributed by atoms with Crippen LogP contribution in [0.5, 0.6) is 5.75 Å². The molecule has 4 N–H and O–H groups in total. The van der Waals surface area contributed by atoms with Gasteiger partial charge in [0.2, 0.25) is 0 Å². The predicted octanol–water partition coefficient (Wildman–Crippen LogP) is 5.05. The predicted molar refractivity (Wildman–Crippen MR) is 139 cm³/mol. The summed E-state index contributed by atoms with van der Waals surface area (Å²) in [5, 5.41) is 19.5. The fraction of sp³-hybridized carbons (Fsp3) is 0.214. The Morgan fingerprint density at radius 2 is 1.72 bits per heavy atom. The van der Waals surface area contributed by atoms with Gasteiger partial charge in [0, 0.05) is 16.7 Å². The molecule has 184 valence electrons. The Bertz CT molecular complexity index is 1450. The van der Waals surface area contributed by atoms with E-state index >= 15 is 0 Å². The number of nitrogens with two attached hydrogens (primary N) is 1. The van der Waals surface area contributed by atoms with Crippen molar-refractivity contribution < 1.29 is 19.7 Å². The van der Waals surface area contributed by atoms with Crippen LogP contribution in [0.3, 0.4) is 0 Å². The number of fused-ring (bicyclic) bond motifs is 3. The van der Waals surface area contributed by atoms with Crippen LogP contribution in [-0.2, 0) is 12.3 Å². The van der Waals surface area contributed by atoms with E-state index in [1.165, 1.54) is 0 Å². The number of imidazole rings is 1. The molecule has 1 aliphatic heterocycles. The maximum atomic E-state index is 11.4. The number of ether oxygens (including phenoxy) is 1. The van der Waals surface area contributed by atoms with Crippen molar-refractivity contribution in [2.24, 2.45) is 5.73 Å². The summed E-state index contributed by atoms with van der Waals surface area (Å²) in [5.41, 5.74) is 10.9. The van der Waals surface area contributed by atoms with Crippen LogP contribution in [0.1, 0.15) is 35.7 Å². The van der Waals surface area contributed by atoms with Crippen LogP contribution in [-0.4, -0.2) is 31.3 Å². The van der Waals surface area contributed by atoms with E-state index in [0.717, 1.165) is 39.5 Å². The van der Waals surface area contributed by atoms with E-state index in [4.69, 9.17) is 15.5 Å². The van der Waals surface area contributed by atoms with Gasteiger partial charge in [-0.25, -0.2) is 9.78 Å². The van der Waals surface area contributed by atoms with Gasteiger partial charge in [-0.05, 0) is 43.5 Å². The van der Waals surface area contributed by atoms with Crippen LogP contribution in [0, 0.1) is 0 Å². The number of hydrogen-bond donors (Lipinski definition) is 3. The normalized spacial score (nSPS) is 21.9. The average molecular weight is 504 g/mol. The van der Waals surface area contributed by atoms with Gasteiger partial charge in [0.25, 0.3) is 0 Å². The number of aromatic carboxylic acids is 1. The maximum absolute atomic E-state index is 11.4. The molecule has 0 radical (unpaired) electrons. The zero-order chi connectivity index (χ0) is 24.4. The summed E-state index contributed by atoms with van der Waals surface area (Å²) in [7, 11) is 0. The van der Waals surface area contributed by atoms with E-state index in [2.05, 4.69) is 0 Å². The molecule has 0 spiro atoms. The fourth-order valence-corrected chi connectivity index (χ4v) is 5.44. The number of nitrogens with zero attached hydrogens (tertiary/aromatic N) is 2. The van der Waals surface area contributed by atoms with Crippen LogP contribution in [0.4, 0.5) is 0 Å². The number of carboxylic acid groups (broad SMARTS) is 1. The maximum Gasteiger partial charge on any atom is 0.335 e. The Labute approximate surface area is 214 Å². The summed E-state index contributed by atoms with van der Waals surface area (Å²) in [4.78, 5) is 16.4. The molecule has 1 saturated carbocycles. The molecule has 0 unspecified atom stereocenters. The molecular weight excluding hydrogens is 478 g/mol. The first-order valence-electron chi connectivity index (χ1n) is 11.5. The second-order valence-corrected chi connectivity index (χ2v) is 9.80. The molecule has 1 fully saturated rings. The highest BCUT2D eigenvalue weighted by Gasteiger charge is 2.49. The van der Waals surface area contributed by atoms with Gasteiger partial charge in [-0.15, -0.1) is 12.4 Å². The van der Waals surface area contributed by atoms with E-state index < -0.39 is 17.1 Å². The highest BCUT2D eigenvalue weighted by Crippen LogP contribution is 2.47. The Hall–Kier alpha value is -3.65. The van der Waals surface area contributed by atoms with Crippen LogP contribution >= 0.6 is 12.4 Å². The third-order valence-electron chi connectivity index (χ3n) is 6.96. The molecule has 2 aliphatic rings. The molecule has 1 aliphatic carbocycles. The standard InChI is InChI=1S/C28H25N3O4.ClH/c1-27(34)14-28(29,15-27)20-10-7-17(8-11-20)23-24(18-5-3-2-4-6-18)31-16-35-22-13-19(26(32)33)9-12-21(22)25(31)30-23;/h2-13,34H,14-16,29H2,1H3,(H,32,33);1H/t27-,28-;. The van der Waals surface area contributed by atoms with Gasteiger partial charge in [0.15, 0.2) is 6.73 Å². The summed E-state index contributed by atoms with van der Waals surface area (Å²) in [6.07, 6.45) is 1.06. The quantitative estimate of drug-likeness (QED) is 0.359. The second-order valence-electron chi connectivity index (χ2n) is 9.80. The molecule has 3 aromatic carbocycles. The van der Waals surface area contributed by atoms with Crippen molar-refractivity contribution in [3.05, 3.63) is 83.9 Å². The first-order valence-corrected chi connectivity index (χ1v) is 11.5. The molecule has 2 heterocycles. The summed E-state index contributed by atoms with van der Waals surface area (Å²) >= 11 is 0. The molecule has 1 aromatic heterocycles. The van der Waals surface area contributed by atoms with Gasteiger partial charge < -0.3 is 20.7 Å². The van der Waals surface area contributed by atoms with Crippen molar-refractivity contribution in [1.29, 1.82) is 0 Å². The zero-order valence-electron chi connectivity index (χ0n) is 19.6. The number of rotatable bonds is 4. The van der Waals surface area contributed by atoms with E-state index in [9.17, 15) is 15.0 Å². The molecular formula is C28H26ClN3O4. The Balaban J connectivity index is 0.00000267. The number of aromatic nitrogens is 2. The number of carbonyl (C=O) groups is 1. The van der Waals surface area contributed by atoms with E-state index in [0.29, 0.717) is 18.6 Å². The topological polar surface area (TPSA) is 111 Å². The molecule has 0 saturated heterocycles. The second kappa shape index (κ2) is 8.48. The number of hydrogen-bond acceptors (Lipinski definition) is 5. The van der Waals surface area contributed by atoms with Gasteiger partial charge in [0.1, 0.15) is 11.6 Å². The minimum absolute atomic E-state index is 0. The largest absolute Gasteiger partial charge is 0.478 e. The van der Waals surface area contributed by atoms with Crippen molar-refractivity contribution >= 4 is 18.4 Å². The number of halogens is 1. The van der Waals surface area contributed by atoms with Gasteiger partial charge in [-0.1, -0.05) is 54.6 Å². The van der Waals surface area contributed by atoms with Crippen molar-refractivity contribution in [1.82, 2.24) is 9.55 Å². The first-order chi connectivity index (χ1) is 16.7. The molecule has 0 atom stereocenters. The lowest BCUT2D eigenvalue weighted by Crippen LogP contribution is -2.58. The van der Waals surface area contributed by atoms with Gasteiger partial charge in [0.05, 0.1) is 28.1 Å². The number of carboxylic acids is 1. The Kier molecular flexibility index (Phi) is 5.67. The minimum atomic E-state index is -0.998. The van der Waals surface area contributed by atoms with Crippen LogP contribution in [0.2, 0.25) is 0 Å². The van der Waals surface area contributed by atoms with E-state index in [1.807, 2.05) is 66.1 Å². The summed E-state index contributed by atoms with van der Waals surface area (Å²) < 4.78 is 8.00. The lowest BCUT2D eigenvalue weighted by molar-refractivity contribution is -0.0738. The smallest absolute Gasteiger partial charge is 0.335 e. The summed E-state index contributed by atoms with van der Waals surface area (Å²) in [5.74, 6) is 0.235. The first kappa shape index (κ1) is 24.1. The monoisotopic (exact) mass is 503 g/mol. The van der Waals surface area contributed by atoms with E-state index in [-0.39, 0.29) is 24.7 Å². The molecule has 7 nitrogen and oxygen atoms in total. The van der Waals surface area contributed by atoms with Gasteiger partial charge in [-0.3, -0.25) is 4.57 Å². The van der Waals surface area contributed by atoms with Crippen LogP contribution in [0.15, 0.2) is 72.8 Å². The van der Waals surface area contributed by atoms with Gasteiger partial charge in [-0.2, -0.15) is 0 Å². The van der Waals surface area contributed by atoms with Crippen molar-refractivity contribution in [2.75, 3.05) is 0 Å². The van der Waals surface area contributed by atoms with Crippen molar-refractivity contribution in [2.45, 2.75) is 37.6 Å². The molecule has 0 bridgehead atoms. The molecule has 4 aromatic rings. The SMILES string of the molecule is C[C@]1(O)C[C@@](N)(c2ccc(-c3nc4n(c3-c3ccccc3)COc3cc(C(=O)O)ccc3-4)cc2)C1.Cl. The van der Waals surface area contributed by atoms with Crippen LogP contribution in [0.25, 0.3) is 33.9 Å². The molecule has 6 rings (SSSR count). The van der Waals surface area contributed by atoms with Crippen molar-refractivity contribution in [3.8, 4) is 39.7 Å². The summed E-state index contributed by atoms with van der Waals surface area (Å²) in [6.45, 7) is 2.04. The minimum Gasteiger partial charge on any atom is -0.478 e. The molecule has 36 heavy (non-hydrogen) atoms. The van der Waals surface area contributed by atoms with Gasteiger partial charge >= 0.3 is 5.97 Å². The number of benzene rings is 3.